The molecule has 1 aromatic rings. The standard InChI is InChI=1S/C12H19N3O/c1-2-3-4-7-14-12(16)8-11-6-5-10(13)9-15-11/h5-6,9H,2-4,7-8,13H2,1H3,(H,14,16). The second kappa shape index (κ2) is 6.82. The fourth-order valence-electron chi connectivity index (χ4n) is 1.37. The van der Waals surface area contributed by atoms with Crippen LogP contribution in [0, 0.1) is 0 Å². The molecule has 0 aliphatic rings. The van der Waals surface area contributed by atoms with E-state index in [0.717, 1.165) is 31.5 Å². The summed E-state index contributed by atoms with van der Waals surface area (Å²) in [5, 5.41) is 2.87. The second-order valence-corrected chi connectivity index (χ2v) is 3.82. The number of hydrogen-bond donors (Lipinski definition) is 2. The molecule has 0 saturated heterocycles. The first-order valence-electron chi connectivity index (χ1n) is 5.69. The highest BCUT2D eigenvalue weighted by Crippen LogP contribution is 2.01. The zero-order valence-electron chi connectivity index (χ0n) is 9.70. The molecule has 1 rings (SSSR count). The van der Waals surface area contributed by atoms with Gasteiger partial charge in [-0.15, -0.1) is 0 Å². The topological polar surface area (TPSA) is 68.0 Å². The van der Waals surface area contributed by atoms with Gasteiger partial charge in [-0.05, 0) is 18.6 Å². The molecule has 0 aromatic carbocycles. The highest BCUT2D eigenvalue weighted by Gasteiger charge is 2.03. The van der Waals surface area contributed by atoms with Crippen molar-refractivity contribution in [3.63, 3.8) is 0 Å². The van der Waals surface area contributed by atoms with Crippen LogP contribution in [0.25, 0.3) is 0 Å². The molecule has 4 heteroatoms. The average Bonchev–Trinajstić information content (AvgIpc) is 2.28. The number of amides is 1. The van der Waals surface area contributed by atoms with Crippen LogP contribution in [0.2, 0.25) is 0 Å². The largest absolute Gasteiger partial charge is 0.397 e. The minimum absolute atomic E-state index is 0.0216. The number of nitrogen functional groups attached to an aromatic ring is 1. The van der Waals surface area contributed by atoms with Gasteiger partial charge in [-0.3, -0.25) is 9.78 Å². The van der Waals surface area contributed by atoms with Crippen molar-refractivity contribution in [2.24, 2.45) is 0 Å². The molecule has 0 radical (unpaired) electrons. The maximum Gasteiger partial charge on any atom is 0.226 e. The lowest BCUT2D eigenvalue weighted by atomic mass is 10.2. The number of nitrogens with one attached hydrogen (secondary N) is 1. The van der Waals surface area contributed by atoms with E-state index in [4.69, 9.17) is 5.73 Å². The summed E-state index contributed by atoms with van der Waals surface area (Å²) in [4.78, 5) is 15.6. The summed E-state index contributed by atoms with van der Waals surface area (Å²) in [6.07, 6.45) is 5.25. The maximum absolute atomic E-state index is 11.5. The summed E-state index contributed by atoms with van der Waals surface area (Å²) >= 11 is 0. The number of nitrogens with zero attached hydrogens (tertiary/aromatic N) is 1. The van der Waals surface area contributed by atoms with Gasteiger partial charge in [0.15, 0.2) is 0 Å². The molecule has 1 aromatic heterocycles. The summed E-state index contributed by atoms with van der Waals surface area (Å²) in [6, 6.07) is 3.54. The molecular weight excluding hydrogens is 202 g/mol. The van der Waals surface area contributed by atoms with Crippen molar-refractivity contribution in [1.82, 2.24) is 10.3 Å². The van der Waals surface area contributed by atoms with Crippen LogP contribution in [0.4, 0.5) is 5.69 Å². The lowest BCUT2D eigenvalue weighted by Gasteiger charge is -2.04. The van der Waals surface area contributed by atoms with Gasteiger partial charge >= 0.3 is 0 Å². The molecule has 0 aliphatic heterocycles. The summed E-state index contributed by atoms with van der Waals surface area (Å²) < 4.78 is 0. The Balaban J connectivity index is 2.26. The lowest BCUT2D eigenvalue weighted by Crippen LogP contribution is -2.26. The van der Waals surface area contributed by atoms with Crippen LogP contribution in [0.1, 0.15) is 31.9 Å². The summed E-state index contributed by atoms with van der Waals surface area (Å²) in [7, 11) is 0. The molecular formula is C12H19N3O. The summed E-state index contributed by atoms with van der Waals surface area (Å²) in [5.41, 5.74) is 6.88. The van der Waals surface area contributed by atoms with Gasteiger partial charge < -0.3 is 11.1 Å². The second-order valence-electron chi connectivity index (χ2n) is 3.82. The molecule has 0 unspecified atom stereocenters. The first kappa shape index (κ1) is 12.5. The van der Waals surface area contributed by atoms with Crippen molar-refractivity contribution in [1.29, 1.82) is 0 Å². The van der Waals surface area contributed by atoms with Crippen molar-refractivity contribution in [3.8, 4) is 0 Å². The zero-order chi connectivity index (χ0) is 11.8. The number of carbonyl (C=O) groups is 1. The van der Waals surface area contributed by atoms with Gasteiger partial charge in [-0.1, -0.05) is 19.8 Å². The van der Waals surface area contributed by atoms with Gasteiger partial charge in [0.05, 0.1) is 18.3 Å². The van der Waals surface area contributed by atoms with Crippen LogP contribution in [0.3, 0.4) is 0 Å². The normalized spacial score (nSPS) is 10.1. The third kappa shape index (κ3) is 4.77. The van der Waals surface area contributed by atoms with Gasteiger partial charge in [-0.2, -0.15) is 0 Å². The highest BCUT2D eigenvalue weighted by molar-refractivity contribution is 5.78. The third-order valence-electron chi connectivity index (χ3n) is 2.29. The van der Waals surface area contributed by atoms with Gasteiger partial charge in [0.25, 0.3) is 0 Å². The summed E-state index contributed by atoms with van der Waals surface area (Å²) in [6.45, 7) is 2.89. The SMILES string of the molecule is CCCCCNC(=O)Cc1ccc(N)cn1. The van der Waals surface area contributed by atoms with Crippen molar-refractivity contribution < 1.29 is 4.79 Å². The Morgan fingerprint density at radius 1 is 1.44 bits per heavy atom. The predicted molar refractivity (Wildman–Crippen MR) is 64.9 cm³/mol. The number of aromatic nitrogens is 1. The van der Waals surface area contributed by atoms with E-state index in [1.807, 2.05) is 0 Å². The van der Waals surface area contributed by atoms with Crippen molar-refractivity contribution in [2.75, 3.05) is 12.3 Å². The Morgan fingerprint density at radius 2 is 2.25 bits per heavy atom. The van der Waals surface area contributed by atoms with Crippen molar-refractivity contribution >= 4 is 11.6 Å². The quantitative estimate of drug-likeness (QED) is 0.715. The molecule has 0 saturated carbocycles. The van der Waals surface area contributed by atoms with Crippen molar-refractivity contribution in [3.05, 3.63) is 24.0 Å². The van der Waals surface area contributed by atoms with Crippen LogP contribution < -0.4 is 11.1 Å². The minimum Gasteiger partial charge on any atom is -0.397 e. The molecule has 3 N–H and O–H groups in total. The van der Waals surface area contributed by atoms with E-state index in [2.05, 4.69) is 17.2 Å². The van der Waals surface area contributed by atoms with Gasteiger partial charge in [0, 0.05) is 12.2 Å². The first-order valence-corrected chi connectivity index (χ1v) is 5.69. The Kier molecular flexibility index (Phi) is 5.32. The van der Waals surface area contributed by atoms with E-state index in [1.165, 1.54) is 0 Å². The molecule has 16 heavy (non-hydrogen) atoms. The van der Waals surface area contributed by atoms with Crippen LogP contribution in [-0.2, 0) is 11.2 Å². The molecule has 0 aliphatic carbocycles. The zero-order valence-corrected chi connectivity index (χ0v) is 9.70. The van der Waals surface area contributed by atoms with E-state index in [1.54, 1.807) is 18.3 Å². The summed E-state index contributed by atoms with van der Waals surface area (Å²) in [5.74, 6) is 0.0216. The third-order valence-corrected chi connectivity index (χ3v) is 2.29. The first-order chi connectivity index (χ1) is 7.72. The van der Waals surface area contributed by atoms with Gasteiger partial charge in [0.1, 0.15) is 0 Å². The fourth-order valence-corrected chi connectivity index (χ4v) is 1.37. The van der Waals surface area contributed by atoms with Gasteiger partial charge in [0.2, 0.25) is 5.91 Å². The molecule has 4 nitrogen and oxygen atoms in total. The molecule has 0 bridgehead atoms. The lowest BCUT2D eigenvalue weighted by molar-refractivity contribution is -0.120. The number of rotatable bonds is 6. The number of anilines is 1. The molecule has 1 amide bonds. The van der Waals surface area contributed by atoms with Crippen molar-refractivity contribution in [2.45, 2.75) is 32.6 Å². The number of carbonyl (C=O) groups excluding carboxylic acids is 1. The Morgan fingerprint density at radius 3 is 2.88 bits per heavy atom. The Bertz CT molecular complexity index is 322. The molecule has 0 spiro atoms. The number of pyridine rings is 1. The van der Waals surface area contributed by atoms with E-state index in [9.17, 15) is 4.79 Å². The monoisotopic (exact) mass is 221 g/mol. The fraction of sp³-hybridized carbons (Fsp3) is 0.500. The van der Waals surface area contributed by atoms with E-state index >= 15 is 0 Å². The smallest absolute Gasteiger partial charge is 0.226 e. The van der Waals surface area contributed by atoms with Gasteiger partial charge in [-0.25, -0.2) is 0 Å². The Labute approximate surface area is 96.3 Å². The Hall–Kier alpha value is -1.58. The van der Waals surface area contributed by atoms with Crippen LogP contribution in [0.15, 0.2) is 18.3 Å². The van der Waals surface area contributed by atoms with Crippen LogP contribution in [0.5, 0.6) is 0 Å². The van der Waals surface area contributed by atoms with E-state index in [0.29, 0.717) is 12.1 Å². The average molecular weight is 221 g/mol. The highest BCUT2D eigenvalue weighted by atomic mass is 16.1. The number of unbranched alkanes of at least 4 members (excludes halogenated alkanes) is 2. The molecule has 1 heterocycles. The minimum atomic E-state index is 0.0216. The van der Waals surface area contributed by atoms with Crippen LogP contribution in [-0.4, -0.2) is 17.4 Å². The number of nitrogens with two attached hydrogens (primary N) is 1. The van der Waals surface area contributed by atoms with E-state index < -0.39 is 0 Å². The number of hydrogen-bond acceptors (Lipinski definition) is 3. The molecule has 0 atom stereocenters. The predicted octanol–water partition coefficient (Wildman–Crippen LogP) is 1.51. The maximum atomic E-state index is 11.5. The van der Waals surface area contributed by atoms with E-state index in [-0.39, 0.29) is 5.91 Å². The molecule has 0 fully saturated rings. The van der Waals surface area contributed by atoms with Crippen LogP contribution >= 0.6 is 0 Å². The molecule has 88 valence electrons.